The summed E-state index contributed by atoms with van der Waals surface area (Å²) in [4.78, 5) is 23.6. The standard InChI is InChI=1S/C15H19ClN2O3/c1-15(13(19)20)9-5-4-8-12(15)18-14(21)17-11-7-3-2-6-10(11)16/h2-3,6-7,12H,4-5,8-9H2,1H3,(H,19,20)(H2,17,18,21). The summed E-state index contributed by atoms with van der Waals surface area (Å²) in [5.41, 5.74) is -0.416. The number of halogens is 1. The van der Waals surface area contributed by atoms with Crippen molar-refractivity contribution in [1.82, 2.24) is 5.32 Å². The minimum atomic E-state index is -0.921. The molecule has 1 fully saturated rings. The maximum absolute atomic E-state index is 12.1. The molecule has 3 N–H and O–H groups in total. The predicted octanol–water partition coefficient (Wildman–Crippen LogP) is 3.50. The van der Waals surface area contributed by atoms with E-state index in [4.69, 9.17) is 11.6 Å². The van der Waals surface area contributed by atoms with E-state index in [1.807, 2.05) is 0 Å². The summed E-state index contributed by atoms with van der Waals surface area (Å²) >= 11 is 5.98. The number of hydrogen-bond donors (Lipinski definition) is 3. The van der Waals surface area contributed by atoms with Crippen LogP contribution in [0, 0.1) is 5.41 Å². The summed E-state index contributed by atoms with van der Waals surface area (Å²) in [6.45, 7) is 1.69. The lowest BCUT2D eigenvalue weighted by molar-refractivity contribution is -0.151. The van der Waals surface area contributed by atoms with Crippen LogP contribution in [0.1, 0.15) is 32.6 Å². The Bertz CT molecular complexity index is 549. The van der Waals surface area contributed by atoms with Gasteiger partial charge in [0.15, 0.2) is 0 Å². The molecular weight excluding hydrogens is 292 g/mol. The topological polar surface area (TPSA) is 78.4 Å². The Hall–Kier alpha value is -1.75. The number of carbonyl (C=O) groups excluding carboxylic acids is 1. The molecule has 0 saturated heterocycles. The highest BCUT2D eigenvalue weighted by atomic mass is 35.5. The Morgan fingerprint density at radius 3 is 2.71 bits per heavy atom. The van der Waals surface area contributed by atoms with Gasteiger partial charge in [0.1, 0.15) is 0 Å². The van der Waals surface area contributed by atoms with Crippen LogP contribution in [0.4, 0.5) is 10.5 Å². The fraction of sp³-hybridized carbons (Fsp3) is 0.467. The lowest BCUT2D eigenvalue weighted by atomic mass is 9.72. The molecule has 1 saturated carbocycles. The number of carboxylic acid groups (broad SMARTS) is 1. The van der Waals surface area contributed by atoms with Crippen molar-refractivity contribution in [2.75, 3.05) is 5.32 Å². The quantitative estimate of drug-likeness (QED) is 0.799. The average Bonchev–Trinajstić information content (AvgIpc) is 2.44. The molecule has 0 aliphatic heterocycles. The summed E-state index contributed by atoms with van der Waals surface area (Å²) in [7, 11) is 0. The molecule has 21 heavy (non-hydrogen) atoms. The molecule has 2 atom stereocenters. The van der Waals surface area contributed by atoms with E-state index in [1.165, 1.54) is 0 Å². The van der Waals surface area contributed by atoms with Crippen LogP contribution < -0.4 is 10.6 Å². The Morgan fingerprint density at radius 1 is 1.33 bits per heavy atom. The average molecular weight is 311 g/mol. The first-order valence-electron chi connectivity index (χ1n) is 6.99. The molecule has 0 aromatic heterocycles. The highest BCUT2D eigenvalue weighted by Crippen LogP contribution is 2.36. The highest BCUT2D eigenvalue weighted by Gasteiger charge is 2.43. The van der Waals surface area contributed by atoms with E-state index in [1.54, 1.807) is 31.2 Å². The monoisotopic (exact) mass is 310 g/mol. The molecule has 0 bridgehead atoms. The van der Waals surface area contributed by atoms with Gasteiger partial charge in [-0.2, -0.15) is 0 Å². The lowest BCUT2D eigenvalue weighted by Gasteiger charge is -2.38. The molecule has 1 aromatic carbocycles. The Labute approximate surface area is 128 Å². The number of nitrogens with one attached hydrogen (secondary N) is 2. The first-order valence-corrected chi connectivity index (χ1v) is 7.37. The molecule has 2 amide bonds. The third kappa shape index (κ3) is 3.47. The van der Waals surface area contributed by atoms with Crippen molar-refractivity contribution in [2.24, 2.45) is 5.41 Å². The third-order valence-electron chi connectivity index (χ3n) is 4.12. The second-order valence-corrected chi connectivity index (χ2v) is 6.01. The fourth-order valence-corrected chi connectivity index (χ4v) is 2.88. The van der Waals surface area contributed by atoms with Crippen molar-refractivity contribution < 1.29 is 14.7 Å². The Kier molecular flexibility index (Phi) is 4.73. The first-order chi connectivity index (χ1) is 9.93. The van der Waals surface area contributed by atoms with Crippen LogP contribution in [0.15, 0.2) is 24.3 Å². The van der Waals surface area contributed by atoms with E-state index >= 15 is 0 Å². The number of carboxylic acids is 1. The number of rotatable bonds is 3. The van der Waals surface area contributed by atoms with Gasteiger partial charge in [-0.25, -0.2) is 4.79 Å². The van der Waals surface area contributed by atoms with Gasteiger partial charge in [0.2, 0.25) is 0 Å². The normalized spacial score (nSPS) is 25.1. The van der Waals surface area contributed by atoms with Gasteiger partial charge in [-0.05, 0) is 31.9 Å². The van der Waals surface area contributed by atoms with Crippen LogP contribution in [0.2, 0.25) is 5.02 Å². The molecule has 5 nitrogen and oxygen atoms in total. The zero-order valence-corrected chi connectivity index (χ0v) is 12.6. The number of aliphatic carboxylic acids is 1. The van der Waals surface area contributed by atoms with Crippen LogP contribution in [0.5, 0.6) is 0 Å². The van der Waals surface area contributed by atoms with Crippen molar-refractivity contribution in [1.29, 1.82) is 0 Å². The van der Waals surface area contributed by atoms with Gasteiger partial charge in [-0.3, -0.25) is 4.79 Å². The number of amides is 2. The van der Waals surface area contributed by atoms with E-state index in [0.29, 0.717) is 23.6 Å². The minimum absolute atomic E-state index is 0.383. The molecule has 2 rings (SSSR count). The Morgan fingerprint density at radius 2 is 2.05 bits per heavy atom. The Balaban J connectivity index is 2.04. The summed E-state index contributed by atoms with van der Waals surface area (Å²) in [5.74, 6) is -0.870. The molecule has 6 heteroatoms. The number of benzene rings is 1. The first kappa shape index (κ1) is 15.6. The van der Waals surface area contributed by atoms with Crippen molar-refractivity contribution in [3.63, 3.8) is 0 Å². The molecule has 2 unspecified atom stereocenters. The number of urea groups is 1. The third-order valence-corrected chi connectivity index (χ3v) is 4.45. The molecule has 0 spiro atoms. The van der Waals surface area contributed by atoms with E-state index in [2.05, 4.69) is 10.6 Å². The maximum atomic E-state index is 12.1. The highest BCUT2D eigenvalue weighted by molar-refractivity contribution is 6.33. The van der Waals surface area contributed by atoms with Gasteiger partial charge in [0.05, 0.1) is 16.1 Å². The van der Waals surface area contributed by atoms with Gasteiger partial charge in [-0.15, -0.1) is 0 Å². The van der Waals surface area contributed by atoms with Gasteiger partial charge in [0, 0.05) is 6.04 Å². The maximum Gasteiger partial charge on any atom is 0.319 e. The van der Waals surface area contributed by atoms with Crippen molar-refractivity contribution in [3.05, 3.63) is 29.3 Å². The molecule has 0 heterocycles. The van der Waals surface area contributed by atoms with Crippen molar-refractivity contribution >= 4 is 29.3 Å². The van der Waals surface area contributed by atoms with Crippen LogP contribution >= 0.6 is 11.6 Å². The van der Waals surface area contributed by atoms with Crippen LogP contribution in [-0.2, 0) is 4.79 Å². The zero-order chi connectivity index (χ0) is 15.5. The number of anilines is 1. The van der Waals surface area contributed by atoms with E-state index in [-0.39, 0.29) is 6.04 Å². The van der Waals surface area contributed by atoms with Gasteiger partial charge >= 0.3 is 12.0 Å². The molecule has 0 radical (unpaired) electrons. The summed E-state index contributed by atoms with van der Waals surface area (Å²) in [6.07, 6.45) is 3.02. The molecule has 114 valence electrons. The van der Waals surface area contributed by atoms with Crippen LogP contribution in [0.3, 0.4) is 0 Å². The van der Waals surface area contributed by atoms with Crippen LogP contribution in [-0.4, -0.2) is 23.1 Å². The SMILES string of the molecule is CC1(C(=O)O)CCCCC1NC(=O)Nc1ccccc1Cl. The number of hydrogen-bond acceptors (Lipinski definition) is 2. The molecule has 1 aromatic rings. The van der Waals surface area contributed by atoms with E-state index in [9.17, 15) is 14.7 Å². The van der Waals surface area contributed by atoms with Crippen molar-refractivity contribution in [2.45, 2.75) is 38.6 Å². The fourth-order valence-electron chi connectivity index (χ4n) is 2.70. The van der Waals surface area contributed by atoms with Gasteiger partial charge in [-0.1, -0.05) is 36.6 Å². The predicted molar refractivity (Wildman–Crippen MR) is 81.6 cm³/mol. The van der Waals surface area contributed by atoms with Gasteiger partial charge < -0.3 is 15.7 Å². The summed E-state index contributed by atoms with van der Waals surface area (Å²) in [6, 6.07) is 6.10. The molecule has 1 aliphatic rings. The number of para-hydroxylation sites is 1. The zero-order valence-electron chi connectivity index (χ0n) is 11.9. The smallest absolute Gasteiger partial charge is 0.319 e. The van der Waals surface area contributed by atoms with Crippen molar-refractivity contribution in [3.8, 4) is 0 Å². The van der Waals surface area contributed by atoms with Gasteiger partial charge in [0.25, 0.3) is 0 Å². The summed E-state index contributed by atoms with van der Waals surface area (Å²) < 4.78 is 0. The van der Waals surface area contributed by atoms with E-state index in [0.717, 1.165) is 12.8 Å². The molecule has 1 aliphatic carbocycles. The van der Waals surface area contributed by atoms with E-state index < -0.39 is 17.4 Å². The summed E-state index contributed by atoms with van der Waals surface area (Å²) in [5, 5.41) is 15.3. The second-order valence-electron chi connectivity index (χ2n) is 5.60. The molecular formula is C15H19ClN2O3. The van der Waals surface area contributed by atoms with Crippen LogP contribution in [0.25, 0.3) is 0 Å². The largest absolute Gasteiger partial charge is 0.481 e. The lowest BCUT2D eigenvalue weighted by Crippen LogP contribution is -2.53. The minimum Gasteiger partial charge on any atom is -0.481 e. The second kappa shape index (κ2) is 6.35. The number of carbonyl (C=O) groups is 2.